The second-order valence-corrected chi connectivity index (χ2v) is 12.2. The highest BCUT2D eigenvalue weighted by atomic mass is 28.3. The Morgan fingerprint density at radius 3 is 2.15 bits per heavy atom. The number of hydrogen-bond acceptors (Lipinski definition) is 0. The second kappa shape index (κ2) is 5.11. The van der Waals surface area contributed by atoms with E-state index in [1.165, 1.54) is 21.9 Å². The van der Waals surface area contributed by atoms with Crippen LogP contribution in [0.3, 0.4) is 0 Å². The molecule has 0 saturated carbocycles. The molecule has 0 N–H and O–H groups in total. The predicted molar refractivity (Wildman–Crippen MR) is 92.9 cm³/mol. The molecule has 2 aromatic carbocycles. The van der Waals surface area contributed by atoms with Crippen molar-refractivity contribution in [1.82, 2.24) is 0 Å². The minimum atomic E-state index is -1.37. The van der Waals surface area contributed by atoms with E-state index in [1.807, 2.05) is 0 Å². The van der Waals surface area contributed by atoms with Crippen molar-refractivity contribution < 1.29 is 0 Å². The number of hydrogen-bond donors (Lipinski definition) is 0. The van der Waals surface area contributed by atoms with Gasteiger partial charge in [-0.2, -0.15) is 0 Å². The zero-order chi connectivity index (χ0) is 15.0. The molecule has 0 fully saturated rings. The molecule has 0 aromatic heterocycles. The maximum absolute atomic E-state index is 3.53. The lowest BCUT2D eigenvalue weighted by molar-refractivity contribution is 0.589. The molecule has 0 saturated heterocycles. The summed E-state index contributed by atoms with van der Waals surface area (Å²) in [5.41, 5.74) is 6.22. The summed E-state index contributed by atoms with van der Waals surface area (Å²) in [6.07, 6.45) is 0. The van der Waals surface area contributed by atoms with Crippen molar-refractivity contribution in [2.24, 2.45) is 0 Å². The lowest BCUT2D eigenvalue weighted by Crippen LogP contribution is -2.17. The molecular weight excluding hydrogens is 256 g/mol. The molecule has 0 amide bonds. The van der Waals surface area contributed by atoms with Crippen LogP contribution in [0.4, 0.5) is 0 Å². The highest BCUT2D eigenvalue weighted by molar-refractivity contribution is 6.83. The number of rotatable bonds is 0. The molecule has 0 radical (unpaired) electrons. The molecule has 2 aromatic rings. The number of benzene rings is 2. The van der Waals surface area contributed by atoms with E-state index in [4.69, 9.17) is 0 Å². The average Bonchev–Trinajstić information content (AvgIpc) is 2.33. The van der Waals surface area contributed by atoms with Crippen molar-refractivity contribution in [2.45, 2.75) is 45.8 Å². The lowest BCUT2D eigenvalue weighted by atomic mass is 9.82. The first-order chi connectivity index (χ1) is 9.18. The smallest absolute Gasteiger partial charge is 0.127 e. The van der Waals surface area contributed by atoms with E-state index < -0.39 is 8.07 Å². The van der Waals surface area contributed by atoms with Crippen LogP contribution in [-0.4, -0.2) is 8.07 Å². The highest BCUT2D eigenvalue weighted by Crippen LogP contribution is 2.30. The molecule has 0 unspecified atom stereocenters. The highest BCUT2D eigenvalue weighted by Gasteiger charge is 2.19. The first kappa shape index (κ1) is 14.9. The zero-order valence-corrected chi connectivity index (χ0v) is 14.5. The van der Waals surface area contributed by atoms with Crippen molar-refractivity contribution in [1.29, 1.82) is 0 Å². The van der Waals surface area contributed by atoms with E-state index in [0.717, 1.165) is 0 Å². The van der Waals surface area contributed by atoms with Gasteiger partial charge < -0.3 is 0 Å². The molecule has 20 heavy (non-hydrogen) atoms. The lowest BCUT2D eigenvalue weighted by Gasteiger charge is -2.22. The van der Waals surface area contributed by atoms with Crippen LogP contribution >= 0.6 is 0 Å². The van der Waals surface area contributed by atoms with Gasteiger partial charge in [0.15, 0.2) is 0 Å². The predicted octanol–water partition coefficient (Wildman–Crippen LogP) is 5.37. The van der Waals surface area contributed by atoms with Crippen molar-refractivity contribution in [2.75, 3.05) is 0 Å². The van der Waals surface area contributed by atoms with Gasteiger partial charge in [0.25, 0.3) is 0 Å². The van der Waals surface area contributed by atoms with Gasteiger partial charge in [0.2, 0.25) is 0 Å². The van der Waals surface area contributed by atoms with E-state index in [2.05, 4.69) is 88.3 Å². The van der Waals surface area contributed by atoms with Crippen LogP contribution in [0, 0.1) is 11.5 Å². The Balaban J connectivity index is 2.77. The minimum Gasteiger partial charge on any atom is -0.127 e. The molecule has 0 aliphatic carbocycles. The summed E-state index contributed by atoms with van der Waals surface area (Å²) in [5.74, 6) is 3.51. The summed E-state index contributed by atoms with van der Waals surface area (Å²) in [7, 11) is -1.37. The van der Waals surface area contributed by atoms with Gasteiger partial charge in [0.05, 0.1) is 0 Å². The maximum Gasteiger partial charge on any atom is 0.129 e. The Kier molecular flexibility index (Phi) is 3.80. The fraction of sp³-hybridized carbons (Fsp3) is 0.368. The Labute approximate surface area is 124 Å². The third kappa shape index (κ3) is 3.32. The van der Waals surface area contributed by atoms with E-state index in [9.17, 15) is 0 Å². The van der Waals surface area contributed by atoms with Crippen LogP contribution in [0.2, 0.25) is 19.6 Å². The molecule has 0 aliphatic rings. The Bertz CT molecular complexity index is 685. The van der Waals surface area contributed by atoms with Gasteiger partial charge in [-0.05, 0) is 21.8 Å². The van der Waals surface area contributed by atoms with Crippen LogP contribution in [0.15, 0.2) is 36.4 Å². The largest absolute Gasteiger partial charge is 0.129 e. The van der Waals surface area contributed by atoms with Crippen LogP contribution in [-0.2, 0) is 5.41 Å². The Hall–Kier alpha value is -1.52. The molecule has 0 heterocycles. The van der Waals surface area contributed by atoms with Crippen LogP contribution < -0.4 is 0 Å². The van der Waals surface area contributed by atoms with Crippen LogP contribution in [0.1, 0.15) is 31.9 Å². The molecule has 104 valence electrons. The monoisotopic (exact) mass is 280 g/mol. The summed E-state index contributed by atoms with van der Waals surface area (Å²) >= 11 is 0. The summed E-state index contributed by atoms with van der Waals surface area (Å²) in [6, 6.07) is 13.0. The fourth-order valence-electron chi connectivity index (χ4n) is 2.28. The molecule has 2 rings (SSSR count). The standard InChI is InChI=1S/C19H24Si/c1-19(2,3)18-12-11-15-9-7-8-10-16(15)17(18)13-14-20(4,5)6/h7-12H,1-6H3. The van der Waals surface area contributed by atoms with Crippen molar-refractivity contribution in [3.63, 3.8) is 0 Å². The van der Waals surface area contributed by atoms with Gasteiger partial charge >= 0.3 is 0 Å². The van der Waals surface area contributed by atoms with Gasteiger partial charge in [0.1, 0.15) is 8.07 Å². The van der Waals surface area contributed by atoms with Crippen molar-refractivity contribution >= 4 is 18.8 Å². The number of fused-ring (bicyclic) bond motifs is 1. The summed E-state index contributed by atoms with van der Waals surface area (Å²) in [4.78, 5) is 0. The molecule has 0 aliphatic heterocycles. The molecule has 0 atom stereocenters. The summed E-state index contributed by atoms with van der Waals surface area (Å²) in [5, 5.41) is 2.56. The third-order valence-corrected chi connectivity index (χ3v) is 4.17. The molecule has 0 nitrogen and oxygen atoms in total. The molecule has 1 heteroatoms. The third-order valence-electron chi connectivity index (χ3n) is 3.30. The van der Waals surface area contributed by atoms with Gasteiger partial charge in [-0.1, -0.05) is 82.7 Å². The summed E-state index contributed by atoms with van der Waals surface area (Å²) < 4.78 is 0. The van der Waals surface area contributed by atoms with E-state index >= 15 is 0 Å². The van der Waals surface area contributed by atoms with Crippen molar-refractivity contribution in [3.8, 4) is 11.5 Å². The normalized spacial score (nSPS) is 12.1. The van der Waals surface area contributed by atoms with Gasteiger partial charge in [-0.25, -0.2) is 0 Å². The summed E-state index contributed by atoms with van der Waals surface area (Å²) in [6.45, 7) is 13.7. The first-order valence-electron chi connectivity index (χ1n) is 7.24. The van der Waals surface area contributed by atoms with Crippen LogP contribution in [0.25, 0.3) is 10.8 Å². The van der Waals surface area contributed by atoms with Gasteiger partial charge in [0, 0.05) is 5.56 Å². The molecule has 0 bridgehead atoms. The van der Waals surface area contributed by atoms with E-state index in [1.54, 1.807) is 0 Å². The topological polar surface area (TPSA) is 0 Å². The van der Waals surface area contributed by atoms with Crippen LogP contribution in [0.5, 0.6) is 0 Å². The van der Waals surface area contributed by atoms with Crippen molar-refractivity contribution in [3.05, 3.63) is 47.5 Å². The minimum absolute atomic E-state index is 0.119. The van der Waals surface area contributed by atoms with E-state index in [0.29, 0.717) is 0 Å². The molecule has 0 spiro atoms. The van der Waals surface area contributed by atoms with Gasteiger partial charge in [-0.15, -0.1) is 5.54 Å². The fourth-order valence-corrected chi connectivity index (χ4v) is 2.78. The van der Waals surface area contributed by atoms with E-state index in [-0.39, 0.29) is 5.41 Å². The average molecular weight is 280 g/mol. The Morgan fingerprint density at radius 1 is 0.900 bits per heavy atom. The maximum atomic E-state index is 3.53. The quantitative estimate of drug-likeness (QED) is 0.450. The SMILES string of the molecule is CC(C)(C)c1ccc2ccccc2c1C#C[Si](C)(C)C. The van der Waals surface area contributed by atoms with Gasteiger partial charge in [-0.3, -0.25) is 0 Å². The Morgan fingerprint density at radius 2 is 1.55 bits per heavy atom. The zero-order valence-electron chi connectivity index (χ0n) is 13.5. The second-order valence-electron chi connectivity index (χ2n) is 7.46. The molecular formula is C19H24Si. The first-order valence-corrected chi connectivity index (χ1v) is 10.7.